The number of methoxy groups -OCH3 is 3. The van der Waals surface area contributed by atoms with Crippen molar-refractivity contribution in [3.05, 3.63) is 136 Å². The van der Waals surface area contributed by atoms with Gasteiger partial charge in [0.1, 0.15) is 17.1 Å². The standard InChI is InChI=1S/C22H22O3.C6H5NO2/c1-23-20-13-9-18(10-14-20)22(25-3,17-7-5-4-6-8-17)19-11-15-21(24-2)16-12-19;8-7(9)6-4-2-1-3-5-6/h4-16H,1-3H3;1-5H. The molecule has 0 fully saturated rings. The smallest absolute Gasteiger partial charge is 0.269 e. The molecular formula is C28H27NO5. The molecule has 34 heavy (non-hydrogen) atoms. The monoisotopic (exact) mass is 457 g/mol. The van der Waals surface area contributed by atoms with E-state index in [1.807, 2.05) is 66.7 Å². The molecule has 0 aliphatic heterocycles. The molecule has 0 unspecified atom stereocenters. The van der Waals surface area contributed by atoms with Crippen LogP contribution in [-0.4, -0.2) is 26.3 Å². The van der Waals surface area contributed by atoms with Gasteiger partial charge in [0, 0.05) is 19.2 Å². The molecule has 4 aromatic rings. The van der Waals surface area contributed by atoms with E-state index < -0.39 is 10.5 Å². The molecule has 0 bridgehead atoms. The van der Waals surface area contributed by atoms with E-state index in [0.717, 1.165) is 28.2 Å². The number of rotatable bonds is 7. The molecule has 0 radical (unpaired) electrons. The lowest BCUT2D eigenvalue weighted by Gasteiger charge is -2.34. The maximum Gasteiger partial charge on any atom is 0.269 e. The van der Waals surface area contributed by atoms with Crippen LogP contribution < -0.4 is 9.47 Å². The zero-order valence-corrected chi connectivity index (χ0v) is 19.4. The van der Waals surface area contributed by atoms with Crippen LogP contribution >= 0.6 is 0 Å². The van der Waals surface area contributed by atoms with Gasteiger partial charge in [0.25, 0.3) is 5.69 Å². The van der Waals surface area contributed by atoms with Crippen molar-refractivity contribution in [2.45, 2.75) is 5.60 Å². The fraction of sp³-hybridized carbons (Fsp3) is 0.143. The molecule has 0 saturated heterocycles. The Morgan fingerprint density at radius 2 is 0.971 bits per heavy atom. The lowest BCUT2D eigenvalue weighted by atomic mass is 9.80. The van der Waals surface area contributed by atoms with Gasteiger partial charge < -0.3 is 14.2 Å². The summed E-state index contributed by atoms with van der Waals surface area (Å²) in [4.78, 5) is 9.59. The van der Waals surface area contributed by atoms with E-state index in [1.54, 1.807) is 39.5 Å². The summed E-state index contributed by atoms with van der Waals surface area (Å²) in [6.45, 7) is 0. The molecule has 4 aromatic carbocycles. The molecule has 6 heteroatoms. The van der Waals surface area contributed by atoms with E-state index in [4.69, 9.17) is 14.2 Å². The topological polar surface area (TPSA) is 70.8 Å². The van der Waals surface area contributed by atoms with Crippen molar-refractivity contribution >= 4 is 5.69 Å². The van der Waals surface area contributed by atoms with Crippen LogP contribution in [0.3, 0.4) is 0 Å². The Bertz CT molecular complexity index is 1110. The second-order valence-electron chi connectivity index (χ2n) is 7.30. The Hall–Kier alpha value is -4.16. The number of non-ortho nitro benzene ring substituents is 1. The fourth-order valence-corrected chi connectivity index (χ4v) is 3.73. The molecule has 0 spiro atoms. The van der Waals surface area contributed by atoms with Crippen LogP contribution in [-0.2, 0) is 10.3 Å². The van der Waals surface area contributed by atoms with Gasteiger partial charge in [-0.15, -0.1) is 0 Å². The third-order valence-electron chi connectivity index (χ3n) is 5.45. The summed E-state index contributed by atoms with van der Waals surface area (Å²) in [6, 6.07) is 34.1. The summed E-state index contributed by atoms with van der Waals surface area (Å²) in [6.07, 6.45) is 0. The maximum atomic E-state index is 10.0. The van der Waals surface area contributed by atoms with Gasteiger partial charge in [-0.3, -0.25) is 10.1 Å². The Kier molecular flexibility index (Phi) is 8.37. The van der Waals surface area contributed by atoms with Crippen molar-refractivity contribution in [2.75, 3.05) is 21.3 Å². The first-order valence-electron chi connectivity index (χ1n) is 10.6. The molecule has 0 heterocycles. The summed E-state index contributed by atoms with van der Waals surface area (Å²) in [5.74, 6) is 1.63. The first-order valence-corrected chi connectivity index (χ1v) is 10.6. The quantitative estimate of drug-likeness (QED) is 0.187. The molecule has 4 rings (SSSR count). The van der Waals surface area contributed by atoms with Gasteiger partial charge in [-0.25, -0.2) is 0 Å². The highest BCUT2D eigenvalue weighted by molar-refractivity contribution is 5.49. The highest BCUT2D eigenvalue weighted by Crippen LogP contribution is 2.40. The van der Waals surface area contributed by atoms with Crippen molar-refractivity contribution in [3.63, 3.8) is 0 Å². The van der Waals surface area contributed by atoms with Gasteiger partial charge in [0.05, 0.1) is 19.1 Å². The van der Waals surface area contributed by atoms with E-state index in [2.05, 4.69) is 12.1 Å². The minimum absolute atomic E-state index is 0.137. The van der Waals surface area contributed by atoms with Gasteiger partial charge >= 0.3 is 0 Å². The van der Waals surface area contributed by atoms with E-state index in [0.29, 0.717) is 0 Å². The van der Waals surface area contributed by atoms with Gasteiger partial charge in [-0.2, -0.15) is 0 Å². The van der Waals surface area contributed by atoms with Gasteiger partial charge in [0.15, 0.2) is 0 Å². The van der Waals surface area contributed by atoms with E-state index in [9.17, 15) is 10.1 Å². The van der Waals surface area contributed by atoms with Crippen LogP contribution in [0, 0.1) is 10.1 Å². The molecule has 0 aromatic heterocycles. The second-order valence-corrected chi connectivity index (χ2v) is 7.30. The predicted molar refractivity (Wildman–Crippen MR) is 132 cm³/mol. The molecule has 6 nitrogen and oxygen atoms in total. The SMILES string of the molecule is COc1ccc(C(OC)(c2ccccc2)c2ccc(OC)cc2)cc1.O=[N+]([O-])c1ccccc1. The average Bonchev–Trinajstić information content (AvgIpc) is 2.91. The van der Waals surface area contributed by atoms with Gasteiger partial charge in [0.2, 0.25) is 0 Å². The molecular weight excluding hydrogens is 430 g/mol. The van der Waals surface area contributed by atoms with Gasteiger partial charge in [-0.1, -0.05) is 72.8 Å². The van der Waals surface area contributed by atoms with E-state index >= 15 is 0 Å². The Morgan fingerprint density at radius 3 is 1.29 bits per heavy atom. The lowest BCUT2D eigenvalue weighted by Crippen LogP contribution is -2.31. The second kappa shape index (κ2) is 11.6. The van der Waals surface area contributed by atoms with Crippen LogP contribution in [0.25, 0.3) is 0 Å². The Morgan fingerprint density at radius 1 is 0.588 bits per heavy atom. The van der Waals surface area contributed by atoms with E-state index in [-0.39, 0.29) is 5.69 Å². The number of nitro benzene ring substituents is 1. The third kappa shape index (κ3) is 5.42. The number of para-hydroxylation sites is 1. The Balaban J connectivity index is 0.000000302. The van der Waals surface area contributed by atoms with Crippen molar-refractivity contribution in [2.24, 2.45) is 0 Å². The Labute approximate surface area is 199 Å². The zero-order valence-electron chi connectivity index (χ0n) is 19.4. The first kappa shape index (κ1) is 24.5. The maximum absolute atomic E-state index is 10.0. The molecule has 0 saturated carbocycles. The molecule has 0 atom stereocenters. The molecule has 0 amide bonds. The van der Waals surface area contributed by atoms with Crippen molar-refractivity contribution < 1.29 is 19.1 Å². The highest BCUT2D eigenvalue weighted by atomic mass is 16.6. The van der Waals surface area contributed by atoms with Crippen LogP contribution in [0.2, 0.25) is 0 Å². The first-order chi connectivity index (χ1) is 16.5. The minimum Gasteiger partial charge on any atom is -0.497 e. The summed E-state index contributed by atoms with van der Waals surface area (Å²) in [5.41, 5.74) is 2.56. The van der Waals surface area contributed by atoms with Crippen LogP contribution in [0.15, 0.2) is 109 Å². The van der Waals surface area contributed by atoms with Crippen LogP contribution in [0.1, 0.15) is 16.7 Å². The number of hydrogen-bond donors (Lipinski definition) is 0. The third-order valence-corrected chi connectivity index (χ3v) is 5.45. The number of nitro groups is 1. The summed E-state index contributed by atoms with van der Waals surface area (Å²) < 4.78 is 16.8. The number of nitrogens with zero attached hydrogens (tertiary/aromatic N) is 1. The minimum atomic E-state index is -0.709. The van der Waals surface area contributed by atoms with E-state index in [1.165, 1.54) is 12.1 Å². The molecule has 0 N–H and O–H groups in total. The summed E-state index contributed by atoms with van der Waals surface area (Å²) in [7, 11) is 5.07. The zero-order chi connectivity index (χ0) is 24.4. The van der Waals surface area contributed by atoms with Crippen molar-refractivity contribution in [1.29, 1.82) is 0 Å². The number of ether oxygens (including phenoxy) is 3. The summed E-state index contributed by atoms with van der Waals surface area (Å²) in [5, 5.41) is 10.0. The van der Waals surface area contributed by atoms with Crippen molar-refractivity contribution in [1.82, 2.24) is 0 Å². The highest BCUT2D eigenvalue weighted by Gasteiger charge is 2.36. The lowest BCUT2D eigenvalue weighted by molar-refractivity contribution is -0.384. The van der Waals surface area contributed by atoms with Gasteiger partial charge in [-0.05, 0) is 41.0 Å². The molecule has 0 aliphatic rings. The number of benzene rings is 4. The average molecular weight is 458 g/mol. The van der Waals surface area contributed by atoms with Crippen LogP contribution in [0.5, 0.6) is 11.5 Å². The predicted octanol–water partition coefficient (Wildman–Crippen LogP) is 6.24. The summed E-state index contributed by atoms with van der Waals surface area (Å²) >= 11 is 0. The number of hydrogen-bond acceptors (Lipinski definition) is 5. The largest absolute Gasteiger partial charge is 0.497 e. The fourth-order valence-electron chi connectivity index (χ4n) is 3.73. The normalized spacial score (nSPS) is 10.6. The van der Waals surface area contributed by atoms with Crippen LogP contribution in [0.4, 0.5) is 5.69 Å². The van der Waals surface area contributed by atoms with Crippen molar-refractivity contribution in [3.8, 4) is 11.5 Å². The molecule has 0 aliphatic carbocycles. The molecule has 174 valence electrons.